The number of aromatic nitrogens is 4. The molecule has 8 nitrogen and oxygen atoms in total. The number of fused-ring (bicyclic) bond motifs is 1. The van der Waals surface area contributed by atoms with Crippen molar-refractivity contribution in [1.29, 1.82) is 0 Å². The fraction of sp³-hybridized carbons (Fsp3) is 0.500. The molecule has 0 unspecified atom stereocenters. The summed E-state index contributed by atoms with van der Waals surface area (Å²) in [5, 5.41) is 5.21. The maximum absolute atomic E-state index is 13.0. The Bertz CT molecular complexity index is 1190. The Morgan fingerprint density at radius 3 is 2.32 bits per heavy atom. The van der Waals surface area contributed by atoms with Crippen LogP contribution in [0.5, 0.6) is 0 Å². The minimum absolute atomic E-state index is 0.0221. The van der Waals surface area contributed by atoms with E-state index >= 15 is 0 Å². The van der Waals surface area contributed by atoms with E-state index in [4.69, 9.17) is 0 Å². The lowest BCUT2D eigenvalue weighted by Crippen LogP contribution is -2.49. The fourth-order valence-corrected chi connectivity index (χ4v) is 5.17. The van der Waals surface area contributed by atoms with Gasteiger partial charge in [0.2, 0.25) is 5.91 Å². The van der Waals surface area contributed by atoms with Gasteiger partial charge in [0.05, 0.1) is 17.9 Å². The molecule has 8 heteroatoms. The van der Waals surface area contributed by atoms with E-state index in [-0.39, 0.29) is 23.5 Å². The Balaban J connectivity index is 1.20. The number of rotatable bonds is 5. The maximum atomic E-state index is 13.0. The zero-order valence-electron chi connectivity index (χ0n) is 20.0. The minimum Gasteiger partial charge on any atom is -0.340 e. The number of piperazine rings is 1. The van der Waals surface area contributed by atoms with Gasteiger partial charge in [-0.1, -0.05) is 0 Å². The van der Waals surface area contributed by atoms with Crippen LogP contribution in [-0.4, -0.2) is 74.5 Å². The van der Waals surface area contributed by atoms with E-state index in [1.807, 2.05) is 36.6 Å². The summed E-state index contributed by atoms with van der Waals surface area (Å²) in [6, 6.07) is 4.05. The molecule has 1 aliphatic heterocycles. The van der Waals surface area contributed by atoms with Crippen molar-refractivity contribution in [2.24, 2.45) is 18.9 Å². The molecule has 2 aliphatic rings. The van der Waals surface area contributed by atoms with Crippen LogP contribution in [0.4, 0.5) is 0 Å². The van der Waals surface area contributed by atoms with Crippen LogP contribution in [0.1, 0.15) is 31.4 Å². The molecular weight excluding hydrogens is 428 g/mol. The molecular formula is C26H32N6O2. The van der Waals surface area contributed by atoms with Crippen molar-refractivity contribution in [2.45, 2.75) is 32.1 Å². The highest BCUT2D eigenvalue weighted by Gasteiger charge is 2.33. The van der Waals surface area contributed by atoms with Crippen LogP contribution in [0.2, 0.25) is 0 Å². The number of amides is 1. The SMILES string of the molecule is CN1CCN(C(=O)C2CCC(C(=O)Cc3cc4cc(-c5cnn(C)c5)cnc4cn3)CC2)CC1. The number of Topliss-reactive ketones (excluding diaryl/α,β-unsaturated/α-hetero) is 1. The maximum Gasteiger partial charge on any atom is 0.225 e. The van der Waals surface area contributed by atoms with Crippen molar-refractivity contribution < 1.29 is 9.59 Å². The van der Waals surface area contributed by atoms with Crippen LogP contribution < -0.4 is 0 Å². The number of carbonyl (C=O) groups is 2. The normalized spacial score (nSPS) is 21.6. The van der Waals surface area contributed by atoms with Crippen molar-refractivity contribution in [3.8, 4) is 11.1 Å². The third-order valence-electron chi connectivity index (χ3n) is 7.36. The first kappa shape index (κ1) is 22.7. The molecule has 4 heterocycles. The van der Waals surface area contributed by atoms with Crippen molar-refractivity contribution in [3.63, 3.8) is 0 Å². The highest BCUT2D eigenvalue weighted by atomic mass is 16.2. The first-order chi connectivity index (χ1) is 16.5. The molecule has 1 saturated carbocycles. The third-order valence-corrected chi connectivity index (χ3v) is 7.36. The van der Waals surface area contributed by atoms with Crippen molar-refractivity contribution >= 4 is 22.6 Å². The quantitative estimate of drug-likeness (QED) is 0.582. The second kappa shape index (κ2) is 9.62. The number of nitrogens with zero attached hydrogens (tertiary/aromatic N) is 6. The molecule has 0 bridgehead atoms. The molecule has 0 spiro atoms. The van der Waals surface area contributed by atoms with E-state index in [2.05, 4.69) is 33.1 Å². The Hall–Kier alpha value is -3.13. The summed E-state index contributed by atoms with van der Waals surface area (Å²) >= 11 is 0. The lowest BCUT2D eigenvalue weighted by molar-refractivity contribution is -0.139. The number of hydrogen-bond donors (Lipinski definition) is 0. The van der Waals surface area contributed by atoms with Gasteiger partial charge >= 0.3 is 0 Å². The number of ketones is 1. The Morgan fingerprint density at radius 2 is 1.62 bits per heavy atom. The average molecular weight is 461 g/mol. The van der Waals surface area contributed by atoms with E-state index < -0.39 is 0 Å². The molecule has 3 aromatic heterocycles. The van der Waals surface area contributed by atoms with E-state index in [9.17, 15) is 9.59 Å². The monoisotopic (exact) mass is 460 g/mol. The zero-order valence-corrected chi connectivity index (χ0v) is 20.0. The molecule has 34 heavy (non-hydrogen) atoms. The number of likely N-dealkylation sites (N-methyl/N-ethyl adjacent to an activating group) is 1. The summed E-state index contributed by atoms with van der Waals surface area (Å²) in [5.41, 5.74) is 3.59. The second-order valence-corrected chi connectivity index (χ2v) is 9.82. The average Bonchev–Trinajstić information content (AvgIpc) is 3.30. The summed E-state index contributed by atoms with van der Waals surface area (Å²) < 4.78 is 1.77. The molecule has 0 aromatic carbocycles. The largest absolute Gasteiger partial charge is 0.340 e. The fourth-order valence-electron chi connectivity index (χ4n) is 5.17. The van der Waals surface area contributed by atoms with Crippen LogP contribution in [0, 0.1) is 11.8 Å². The standard InChI is InChI=1S/C26H32N6O2/c1-30-7-9-32(10-8-30)26(34)19-5-3-18(4-6-19)25(33)13-23-12-20-11-21(14-28-24(20)16-27-23)22-15-29-31(2)17-22/h11-12,14-19H,3-10,13H2,1-2H3. The van der Waals surface area contributed by atoms with E-state index in [0.29, 0.717) is 6.42 Å². The smallest absolute Gasteiger partial charge is 0.225 e. The second-order valence-electron chi connectivity index (χ2n) is 9.82. The van der Waals surface area contributed by atoms with E-state index in [1.165, 1.54) is 0 Å². The molecule has 2 fully saturated rings. The van der Waals surface area contributed by atoms with Gasteiger partial charge in [-0.25, -0.2) is 0 Å². The van der Waals surface area contributed by atoms with Crippen LogP contribution in [0.15, 0.2) is 36.9 Å². The number of pyridine rings is 2. The van der Waals surface area contributed by atoms with Crippen LogP contribution in [0.3, 0.4) is 0 Å². The van der Waals surface area contributed by atoms with Gasteiger partial charge < -0.3 is 9.80 Å². The molecule has 1 amide bonds. The van der Waals surface area contributed by atoms with E-state index in [0.717, 1.165) is 79.6 Å². The van der Waals surface area contributed by atoms with Crippen LogP contribution >= 0.6 is 0 Å². The van der Waals surface area contributed by atoms with Crippen molar-refractivity contribution in [1.82, 2.24) is 29.5 Å². The number of hydrogen-bond acceptors (Lipinski definition) is 6. The summed E-state index contributed by atoms with van der Waals surface area (Å²) in [4.78, 5) is 39.2. The molecule has 0 radical (unpaired) electrons. The molecule has 1 aliphatic carbocycles. The number of aryl methyl sites for hydroxylation is 1. The molecule has 178 valence electrons. The third kappa shape index (κ3) is 4.87. The molecule has 3 aromatic rings. The van der Waals surface area contributed by atoms with Gasteiger partial charge in [0.25, 0.3) is 0 Å². The predicted molar refractivity (Wildman–Crippen MR) is 130 cm³/mol. The van der Waals surface area contributed by atoms with Gasteiger partial charge in [-0.05, 0) is 44.9 Å². The van der Waals surface area contributed by atoms with Gasteiger partial charge in [-0.2, -0.15) is 5.10 Å². The molecule has 5 rings (SSSR count). The zero-order chi connectivity index (χ0) is 23.7. The van der Waals surface area contributed by atoms with Crippen LogP contribution in [-0.2, 0) is 23.1 Å². The summed E-state index contributed by atoms with van der Waals surface area (Å²) in [6.07, 6.45) is 10.9. The van der Waals surface area contributed by atoms with Crippen molar-refractivity contribution in [3.05, 3.63) is 42.6 Å². The highest BCUT2D eigenvalue weighted by Crippen LogP contribution is 2.32. The molecule has 1 saturated heterocycles. The first-order valence-corrected chi connectivity index (χ1v) is 12.2. The molecule has 0 N–H and O–H groups in total. The Kier molecular flexibility index (Phi) is 6.41. The van der Waals surface area contributed by atoms with Gasteiger partial charge in [-0.15, -0.1) is 0 Å². The summed E-state index contributed by atoms with van der Waals surface area (Å²) in [5.74, 6) is 0.609. The Labute approximate surface area is 200 Å². The van der Waals surface area contributed by atoms with Gasteiger partial charge in [-0.3, -0.25) is 24.2 Å². The Morgan fingerprint density at radius 1 is 0.882 bits per heavy atom. The van der Waals surface area contributed by atoms with Gasteiger partial charge in [0, 0.05) is 86.1 Å². The predicted octanol–water partition coefficient (Wildman–Crippen LogP) is 2.72. The van der Waals surface area contributed by atoms with Gasteiger partial charge in [0.1, 0.15) is 5.78 Å². The van der Waals surface area contributed by atoms with E-state index in [1.54, 1.807) is 10.9 Å². The van der Waals surface area contributed by atoms with Crippen molar-refractivity contribution in [2.75, 3.05) is 33.2 Å². The van der Waals surface area contributed by atoms with Crippen LogP contribution in [0.25, 0.3) is 22.0 Å². The minimum atomic E-state index is 0.0221. The number of carbonyl (C=O) groups excluding carboxylic acids is 2. The summed E-state index contributed by atoms with van der Waals surface area (Å²) in [6.45, 7) is 3.52. The topological polar surface area (TPSA) is 84.2 Å². The lowest BCUT2D eigenvalue weighted by Gasteiger charge is -2.36. The first-order valence-electron chi connectivity index (χ1n) is 12.2. The lowest BCUT2D eigenvalue weighted by atomic mass is 9.78. The molecule has 0 atom stereocenters. The summed E-state index contributed by atoms with van der Waals surface area (Å²) in [7, 11) is 3.99. The van der Waals surface area contributed by atoms with Gasteiger partial charge in [0.15, 0.2) is 0 Å². The highest BCUT2D eigenvalue weighted by molar-refractivity contribution is 5.87.